The number of carbonyl (C=O) groups is 1. The van der Waals surface area contributed by atoms with E-state index >= 15 is 0 Å². The number of rotatable bonds is 0. The van der Waals surface area contributed by atoms with Crippen molar-refractivity contribution in [3.8, 4) is 0 Å². The molecule has 0 aromatic heterocycles. The molecule has 2 bridgehead atoms. The van der Waals surface area contributed by atoms with Crippen molar-refractivity contribution in [2.75, 3.05) is 0 Å². The lowest BCUT2D eigenvalue weighted by molar-refractivity contribution is -0.0137. The van der Waals surface area contributed by atoms with Gasteiger partial charge in [0.15, 0.2) is 0 Å². The quantitative estimate of drug-likeness (QED) is 0.669. The second-order valence-electron chi connectivity index (χ2n) is 6.02. The summed E-state index contributed by atoms with van der Waals surface area (Å²) in [5.41, 5.74) is -0.0394. The molecule has 2 heterocycles. The topological polar surface area (TPSA) is 40.5 Å². The second kappa shape index (κ2) is 3.13. The number of fused-ring (bicyclic) bond motifs is 2. The molecule has 3 heteroatoms. The number of nitrogens with zero attached hydrogens (tertiary/aromatic N) is 1. The van der Waals surface area contributed by atoms with Gasteiger partial charge in [0.05, 0.1) is 5.54 Å². The molecule has 0 aliphatic carbocycles. The molecule has 15 heavy (non-hydrogen) atoms. The van der Waals surface area contributed by atoms with E-state index in [1.54, 1.807) is 4.90 Å². The molecule has 2 aliphatic heterocycles. The molecular weight excluding hydrogens is 190 g/mol. The lowest BCUT2D eigenvalue weighted by atomic mass is 9.68. The summed E-state index contributed by atoms with van der Waals surface area (Å²) in [5.74, 6) is 0. The Kier molecular flexibility index (Phi) is 2.25. The predicted molar refractivity (Wildman–Crippen MR) is 58.9 cm³/mol. The fraction of sp³-hybridized carbons (Fsp3) is 0.917. The van der Waals surface area contributed by atoms with Crippen LogP contribution in [0.5, 0.6) is 0 Å². The summed E-state index contributed by atoms with van der Waals surface area (Å²) in [6.07, 6.45) is 4.68. The summed E-state index contributed by atoms with van der Waals surface area (Å²) in [6, 6.07) is 0.287. The third-order valence-corrected chi connectivity index (χ3v) is 4.45. The van der Waals surface area contributed by atoms with E-state index in [9.17, 15) is 9.90 Å². The molecule has 2 saturated heterocycles. The van der Waals surface area contributed by atoms with Crippen LogP contribution in [0.15, 0.2) is 0 Å². The molecule has 2 aliphatic rings. The van der Waals surface area contributed by atoms with Gasteiger partial charge in [-0.2, -0.15) is 0 Å². The van der Waals surface area contributed by atoms with Gasteiger partial charge in [0.25, 0.3) is 0 Å². The standard InChI is InChI=1S/C12H21NO2/c1-11(2,3)12-7-4-5-9(6-8-12)13(12)10(14)15/h9H,4-8H2,1-3H3,(H,14,15). The average Bonchev–Trinajstić information content (AvgIpc) is 2.34. The highest BCUT2D eigenvalue weighted by atomic mass is 16.4. The molecular formula is C12H21NO2. The summed E-state index contributed by atoms with van der Waals surface area (Å²) in [7, 11) is 0. The molecule has 1 amide bonds. The number of piperidine rings is 1. The van der Waals surface area contributed by atoms with Crippen LogP contribution in [0.4, 0.5) is 4.79 Å². The summed E-state index contributed by atoms with van der Waals surface area (Å²) < 4.78 is 0. The Morgan fingerprint density at radius 2 is 2.00 bits per heavy atom. The van der Waals surface area contributed by atoms with E-state index in [-0.39, 0.29) is 17.0 Å². The van der Waals surface area contributed by atoms with Crippen LogP contribution >= 0.6 is 0 Å². The zero-order valence-corrected chi connectivity index (χ0v) is 9.92. The van der Waals surface area contributed by atoms with Gasteiger partial charge >= 0.3 is 6.09 Å². The maximum absolute atomic E-state index is 11.4. The van der Waals surface area contributed by atoms with Crippen molar-refractivity contribution in [3.05, 3.63) is 0 Å². The van der Waals surface area contributed by atoms with Crippen molar-refractivity contribution in [3.63, 3.8) is 0 Å². The highest BCUT2D eigenvalue weighted by Crippen LogP contribution is 2.53. The lowest BCUT2D eigenvalue weighted by Gasteiger charge is -2.51. The van der Waals surface area contributed by atoms with Gasteiger partial charge in [0, 0.05) is 6.04 Å². The van der Waals surface area contributed by atoms with E-state index in [1.165, 1.54) is 6.42 Å². The first-order valence-corrected chi connectivity index (χ1v) is 5.91. The normalized spacial score (nSPS) is 35.7. The zero-order chi connectivity index (χ0) is 11.3. The summed E-state index contributed by atoms with van der Waals surface area (Å²) in [4.78, 5) is 13.2. The monoisotopic (exact) mass is 211 g/mol. The van der Waals surface area contributed by atoms with Crippen LogP contribution in [0.1, 0.15) is 52.9 Å². The minimum Gasteiger partial charge on any atom is -0.465 e. The Morgan fingerprint density at radius 1 is 1.33 bits per heavy atom. The minimum absolute atomic E-state index is 0.0561. The zero-order valence-electron chi connectivity index (χ0n) is 9.92. The van der Waals surface area contributed by atoms with Crippen molar-refractivity contribution in [1.29, 1.82) is 0 Å². The Hall–Kier alpha value is -0.730. The Bertz CT molecular complexity index is 278. The van der Waals surface area contributed by atoms with Gasteiger partial charge in [-0.1, -0.05) is 20.8 Å². The highest BCUT2D eigenvalue weighted by molar-refractivity contribution is 5.67. The van der Waals surface area contributed by atoms with Crippen LogP contribution in [-0.2, 0) is 0 Å². The molecule has 0 radical (unpaired) electrons. The largest absolute Gasteiger partial charge is 0.465 e. The fourth-order valence-corrected chi connectivity index (χ4v) is 3.60. The Balaban J connectivity index is 2.40. The van der Waals surface area contributed by atoms with Crippen molar-refractivity contribution >= 4 is 6.09 Å². The van der Waals surface area contributed by atoms with Gasteiger partial charge in [-0.25, -0.2) is 4.79 Å². The molecule has 0 aromatic carbocycles. The molecule has 3 nitrogen and oxygen atoms in total. The van der Waals surface area contributed by atoms with Gasteiger partial charge in [-0.05, 0) is 37.5 Å². The minimum atomic E-state index is -0.716. The molecule has 0 aromatic rings. The van der Waals surface area contributed by atoms with Gasteiger partial charge in [0.2, 0.25) is 0 Å². The van der Waals surface area contributed by atoms with Crippen LogP contribution in [0.2, 0.25) is 0 Å². The molecule has 2 unspecified atom stereocenters. The van der Waals surface area contributed by atoms with Crippen molar-refractivity contribution in [2.24, 2.45) is 5.41 Å². The van der Waals surface area contributed by atoms with Gasteiger partial charge in [-0.15, -0.1) is 0 Å². The first kappa shape index (κ1) is 10.8. The number of hydrogen-bond acceptors (Lipinski definition) is 1. The molecule has 1 N–H and O–H groups in total. The van der Waals surface area contributed by atoms with Crippen LogP contribution < -0.4 is 0 Å². The molecule has 0 spiro atoms. The lowest BCUT2D eigenvalue weighted by Crippen LogP contribution is -2.59. The molecule has 2 fully saturated rings. The van der Waals surface area contributed by atoms with E-state index in [2.05, 4.69) is 20.8 Å². The smallest absolute Gasteiger partial charge is 0.408 e. The van der Waals surface area contributed by atoms with Gasteiger partial charge in [0.1, 0.15) is 0 Å². The fourth-order valence-electron chi connectivity index (χ4n) is 3.60. The van der Waals surface area contributed by atoms with Crippen molar-refractivity contribution in [1.82, 2.24) is 4.90 Å². The predicted octanol–water partition coefficient (Wildman–Crippen LogP) is 3.10. The maximum atomic E-state index is 11.4. The van der Waals surface area contributed by atoms with E-state index in [4.69, 9.17) is 0 Å². The SMILES string of the molecule is CC(C)(C)C12CCCC(CC1)N2C(=O)O. The van der Waals surface area contributed by atoms with E-state index < -0.39 is 6.09 Å². The van der Waals surface area contributed by atoms with Crippen molar-refractivity contribution in [2.45, 2.75) is 64.5 Å². The third kappa shape index (κ3) is 1.35. The molecule has 2 atom stereocenters. The van der Waals surface area contributed by atoms with Crippen LogP contribution in [0.3, 0.4) is 0 Å². The number of hydrogen-bond donors (Lipinski definition) is 1. The Morgan fingerprint density at radius 3 is 2.47 bits per heavy atom. The van der Waals surface area contributed by atoms with E-state index in [0.717, 1.165) is 25.7 Å². The summed E-state index contributed by atoms with van der Waals surface area (Å²) >= 11 is 0. The Labute approximate surface area is 91.5 Å². The summed E-state index contributed by atoms with van der Waals surface area (Å²) in [5, 5.41) is 9.37. The molecule has 86 valence electrons. The van der Waals surface area contributed by atoms with Gasteiger partial charge in [-0.3, -0.25) is 4.90 Å². The van der Waals surface area contributed by atoms with E-state index in [1.807, 2.05) is 0 Å². The third-order valence-electron chi connectivity index (χ3n) is 4.45. The summed E-state index contributed by atoms with van der Waals surface area (Å²) in [6.45, 7) is 6.53. The maximum Gasteiger partial charge on any atom is 0.408 e. The first-order chi connectivity index (χ1) is 6.88. The van der Waals surface area contributed by atoms with E-state index in [0.29, 0.717) is 0 Å². The van der Waals surface area contributed by atoms with Crippen molar-refractivity contribution < 1.29 is 9.90 Å². The van der Waals surface area contributed by atoms with Crippen LogP contribution in [-0.4, -0.2) is 27.7 Å². The second-order valence-corrected chi connectivity index (χ2v) is 6.02. The molecule has 2 rings (SSSR count). The first-order valence-electron chi connectivity index (χ1n) is 5.91. The van der Waals surface area contributed by atoms with Crippen LogP contribution in [0.25, 0.3) is 0 Å². The van der Waals surface area contributed by atoms with Crippen LogP contribution in [0, 0.1) is 5.41 Å². The highest BCUT2D eigenvalue weighted by Gasteiger charge is 2.56. The average molecular weight is 211 g/mol. The number of carboxylic acid groups (broad SMARTS) is 1. The van der Waals surface area contributed by atoms with Gasteiger partial charge < -0.3 is 5.11 Å². The molecule has 0 saturated carbocycles. The number of amides is 1.